The zero-order valence-electron chi connectivity index (χ0n) is 12.7. The Kier molecular flexibility index (Phi) is 4.16. The maximum Gasteiger partial charge on any atom is 0.255 e. The van der Waals surface area contributed by atoms with E-state index in [1.54, 1.807) is 6.07 Å². The van der Waals surface area contributed by atoms with Crippen molar-refractivity contribution in [2.45, 2.75) is 20.4 Å². The third kappa shape index (κ3) is 2.98. The van der Waals surface area contributed by atoms with E-state index >= 15 is 0 Å². The van der Waals surface area contributed by atoms with Crippen molar-refractivity contribution in [2.24, 2.45) is 0 Å². The highest BCUT2D eigenvalue weighted by Crippen LogP contribution is 2.28. The van der Waals surface area contributed by atoms with E-state index in [9.17, 15) is 4.79 Å². The lowest BCUT2D eigenvalue weighted by Crippen LogP contribution is -2.23. The summed E-state index contributed by atoms with van der Waals surface area (Å²) < 4.78 is 5.09. The first-order chi connectivity index (χ1) is 11.1. The van der Waals surface area contributed by atoms with Gasteiger partial charge >= 0.3 is 0 Å². The van der Waals surface area contributed by atoms with Crippen LogP contribution in [0.25, 0.3) is 11.3 Å². The molecule has 0 saturated heterocycles. The minimum absolute atomic E-state index is 0.242. The molecule has 2 heterocycles. The van der Waals surface area contributed by atoms with E-state index in [1.165, 1.54) is 6.20 Å². The molecule has 3 rings (SSSR count). The standard InChI is InChI=1S/C16H15ClN4O2/c1-9-12(10(2)23-21-9)7-18-16(22)13-8-19-20-15(13)11-5-3-4-6-14(11)17/h3-6,8H,7H2,1-2H3,(H,18,22)(H,19,20). The van der Waals surface area contributed by atoms with Crippen LogP contribution in [0.2, 0.25) is 5.02 Å². The summed E-state index contributed by atoms with van der Waals surface area (Å²) in [6.45, 7) is 3.99. The molecule has 0 spiro atoms. The van der Waals surface area contributed by atoms with Crippen LogP contribution in [0.4, 0.5) is 0 Å². The van der Waals surface area contributed by atoms with E-state index in [-0.39, 0.29) is 5.91 Å². The van der Waals surface area contributed by atoms with Gasteiger partial charge in [0.25, 0.3) is 5.91 Å². The fourth-order valence-electron chi connectivity index (χ4n) is 2.35. The second-order valence-corrected chi connectivity index (χ2v) is 5.53. The van der Waals surface area contributed by atoms with Gasteiger partial charge in [-0.15, -0.1) is 0 Å². The second-order valence-electron chi connectivity index (χ2n) is 5.12. The molecule has 0 aliphatic rings. The summed E-state index contributed by atoms with van der Waals surface area (Å²) >= 11 is 6.19. The molecule has 0 bridgehead atoms. The highest BCUT2D eigenvalue weighted by atomic mass is 35.5. The topological polar surface area (TPSA) is 83.8 Å². The van der Waals surface area contributed by atoms with Crippen molar-refractivity contribution in [1.29, 1.82) is 0 Å². The number of H-pyrrole nitrogens is 1. The number of amides is 1. The Balaban J connectivity index is 1.82. The SMILES string of the molecule is Cc1noc(C)c1CNC(=O)c1cn[nH]c1-c1ccccc1Cl. The molecule has 1 amide bonds. The smallest absolute Gasteiger partial charge is 0.255 e. The van der Waals surface area contributed by atoms with Crippen LogP contribution in [-0.4, -0.2) is 21.3 Å². The first-order valence-corrected chi connectivity index (χ1v) is 7.44. The van der Waals surface area contributed by atoms with Crippen molar-refractivity contribution in [2.75, 3.05) is 0 Å². The number of aryl methyl sites for hydroxylation is 2. The lowest BCUT2D eigenvalue weighted by Gasteiger charge is -2.07. The van der Waals surface area contributed by atoms with Crippen molar-refractivity contribution in [3.05, 3.63) is 58.1 Å². The van der Waals surface area contributed by atoms with Crippen molar-refractivity contribution in [3.63, 3.8) is 0 Å². The van der Waals surface area contributed by atoms with E-state index in [0.29, 0.717) is 28.6 Å². The molecule has 0 fully saturated rings. The Morgan fingerprint density at radius 3 is 2.83 bits per heavy atom. The Labute approximate surface area is 137 Å². The van der Waals surface area contributed by atoms with E-state index in [2.05, 4.69) is 20.7 Å². The first kappa shape index (κ1) is 15.3. The number of halogens is 1. The number of nitrogens with zero attached hydrogens (tertiary/aromatic N) is 2. The molecule has 0 aliphatic carbocycles. The molecular weight excluding hydrogens is 316 g/mol. The van der Waals surface area contributed by atoms with E-state index in [0.717, 1.165) is 16.8 Å². The van der Waals surface area contributed by atoms with Gasteiger partial charge in [0, 0.05) is 22.7 Å². The molecule has 0 unspecified atom stereocenters. The second kappa shape index (κ2) is 6.26. The maximum atomic E-state index is 12.5. The van der Waals surface area contributed by atoms with Gasteiger partial charge in [-0.2, -0.15) is 5.10 Å². The maximum absolute atomic E-state index is 12.5. The largest absolute Gasteiger partial charge is 0.361 e. The van der Waals surface area contributed by atoms with Crippen LogP contribution >= 0.6 is 11.6 Å². The molecule has 7 heteroatoms. The van der Waals surface area contributed by atoms with Gasteiger partial charge in [-0.1, -0.05) is 35.0 Å². The molecule has 2 N–H and O–H groups in total. The molecule has 0 atom stereocenters. The molecule has 3 aromatic rings. The average Bonchev–Trinajstić information content (AvgIpc) is 3.13. The van der Waals surface area contributed by atoms with Crippen molar-refractivity contribution in [1.82, 2.24) is 20.7 Å². The summed E-state index contributed by atoms with van der Waals surface area (Å²) in [5.41, 5.74) is 3.40. The first-order valence-electron chi connectivity index (χ1n) is 7.06. The number of hydrogen-bond acceptors (Lipinski definition) is 4. The number of benzene rings is 1. The molecule has 0 saturated carbocycles. The zero-order valence-corrected chi connectivity index (χ0v) is 13.4. The molecule has 2 aromatic heterocycles. The van der Waals surface area contributed by atoms with Crippen molar-refractivity contribution < 1.29 is 9.32 Å². The van der Waals surface area contributed by atoms with Gasteiger partial charge in [0.05, 0.1) is 23.1 Å². The third-order valence-corrected chi connectivity index (χ3v) is 3.96. The predicted molar refractivity (Wildman–Crippen MR) is 86.2 cm³/mol. The van der Waals surface area contributed by atoms with Crippen LogP contribution in [-0.2, 0) is 6.54 Å². The molecule has 0 aliphatic heterocycles. The molecule has 6 nitrogen and oxygen atoms in total. The van der Waals surface area contributed by atoms with Gasteiger partial charge in [0.2, 0.25) is 0 Å². The summed E-state index contributed by atoms with van der Waals surface area (Å²) in [5.74, 6) is 0.454. The average molecular weight is 331 g/mol. The normalized spacial score (nSPS) is 10.7. The Morgan fingerprint density at radius 2 is 2.13 bits per heavy atom. The summed E-state index contributed by atoms with van der Waals surface area (Å²) in [5, 5.41) is 14.1. The number of hydrogen-bond donors (Lipinski definition) is 2. The monoisotopic (exact) mass is 330 g/mol. The number of carbonyl (C=O) groups excluding carboxylic acids is 1. The molecule has 118 valence electrons. The number of nitrogens with one attached hydrogen (secondary N) is 2. The highest BCUT2D eigenvalue weighted by Gasteiger charge is 2.18. The fraction of sp³-hybridized carbons (Fsp3) is 0.188. The van der Waals surface area contributed by atoms with Crippen LogP contribution in [0, 0.1) is 13.8 Å². The number of aromatic amines is 1. The predicted octanol–water partition coefficient (Wildman–Crippen LogP) is 3.26. The summed E-state index contributed by atoms with van der Waals surface area (Å²) in [4.78, 5) is 12.5. The molecular formula is C16H15ClN4O2. The van der Waals surface area contributed by atoms with E-state index < -0.39 is 0 Å². The number of carbonyl (C=O) groups is 1. The van der Waals surface area contributed by atoms with Gasteiger partial charge in [-0.05, 0) is 19.9 Å². The van der Waals surface area contributed by atoms with Crippen LogP contribution in [0.15, 0.2) is 35.0 Å². The van der Waals surface area contributed by atoms with Gasteiger partial charge in [0.1, 0.15) is 5.76 Å². The van der Waals surface area contributed by atoms with Gasteiger partial charge in [-0.25, -0.2) is 0 Å². The number of aromatic nitrogens is 3. The highest BCUT2D eigenvalue weighted by molar-refractivity contribution is 6.33. The van der Waals surface area contributed by atoms with Gasteiger partial charge in [-0.3, -0.25) is 9.89 Å². The molecule has 0 radical (unpaired) electrons. The number of rotatable bonds is 4. The minimum Gasteiger partial charge on any atom is -0.361 e. The van der Waals surface area contributed by atoms with Crippen LogP contribution < -0.4 is 5.32 Å². The van der Waals surface area contributed by atoms with E-state index in [1.807, 2.05) is 32.0 Å². The van der Waals surface area contributed by atoms with Gasteiger partial charge < -0.3 is 9.84 Å². The van der Waals surface area contributed by atoms with Crippen LogP contribution in [0.1, 0.15) is 27.4 Å². The third-order valence-electron chi connectivity index (χ3n) is 3.63. The minimum atomic E-state index is -0.242. The van der Waals surface area contributed by atoms with Crippen molar-refractivity contribution in [3.8, 4) is 11.3 Å². The zero-order chi connectivity index (χ0) is 16.4. The Bertz CT molecular complexity index is 834. The van der Waals surface area contributed by atoms with E-state index in [4.69, 9.17) is 16.1 Å². The Hall–Kier alpha value is -2.60. The van der Waals surface area contributed by atoms with Crippen LogP contribution in [0.5, 0.6) is 0 Å². The van der Waals surface area contributed by atoms with Crippen LogP contribution in [0.3, 0.4) is 0 Å². The Morgan fingerprint density at radius 1 is 1.35 bits per heavy atom. The van der Waals surface area contributed by atoms with Crippen molar-refractivity contribution >= 4 is 17.5 Å². The molecule has 1 aromatic carbocycles. The fourth-order valence-corrected chi connectivity index (χ4v) is 2.58. The van der Waals surface area contributed by atoms with Gasteiger partial charge in [0.15, 0.2) is 0 Å². The quantitative estimate of drug-likeness (QED) is 0.769. The molecule has 23 heavy (non-hydrogen) atoms. The summed E-state index contributed by atoms with van der Waals surface area (Å²) in [6.07, 6.45) is 1.49. The lowest BCUT2D eigenvalue weighted by atomic mass is 10.1. The summed E-state index contributed by atoms with van der Waals surface area (Å²) in [7, 11) is 0. The summed E-state index contributed by atoms with van der Waals surface area (Å²) in [6, 6.07) is 7.29. The lowest BCUT2D eigenvalue weighted by molar-refractivity contribution is 0.0951.